The van der Waals surface area contributed by atoms with Crippen molar-refractivity contribution in [1.29, 1.82) is 0 Å². The van der Waals surface area contributed by atoms with Crippen LogP contribution in [0.5, 0.6) is 11.5 Å². The molecule has 1 aliphatic rings. The molecule has 0 atom stereocenters. The predicted octanol–water partition coefficient (Wildman–Crippen LogP) is 2.62. The van der Waals surface area contributed by atoms with E-state index in [9.17, 15) is 4.79 Å². The molecule has 0 spiro atoms. The third kappa shape index (κ3) is 3.00. The quantitative estimate of drug-likeness (QED) is 0.918. The first-order chi connectivity index (χ1) is 10.7. The number of nitrogens with zero attached hydrogens (tertiary/aromatic N) is 2. The van der Waals surface area contributed by atoms with Crippen LogP contribution < -0.4 is 14.8 Å². The second kappa shape index (κ2) is 6.01. The highest BCUT2D eigenvalue weighted by Gasteiger charge is 2.26. The van der Waals surface area contributed by atoms with E-state index in [0.29, 0.717) is 28.8 Å². The molecule has 1 heterocycles. The Labute approximate surface area is 128 Å². The van der Waals surface area contributed by atoms with Gasteiger partial charge in [0.2, 0.25) is 0 Å². The van der Waals surface area contributed by atoms with Gasteiger partial charge in [-0.25, -0.2) is 9.97 Å². The summed E-state index contributed by atoms with van der Waals surface area (Å²) in [5.74, 6) is 1.38. The summed E-state index contributed by atoms with van der Waals surface area (Å²) in [6.07, 6.45) is 3.70. The highest BCUT2D eigenvalue weighted by atomic mass is 16.5. The van der Waals surface area contributed by atoms with Gasteiger partial charge in [-0.3, -0.25) is 4.79 Å². The second-order valence-corrected chi connectivity index (χ2v) is 5.12. The fourth-order valence-corrected chi connectivity index (χ4v) is 2.19. The molecule has 1 saturated carbocycles. The summed E-state index contributed by atoms with van der Waals surface area (Å²) in [6, 6.07) is 6.96. The van der Waals surface area contributed by atoms with Crippen LogP contribution in [0.15, 0.2) is 30.6 Å². The Morgan fingerprint density at radius 2 is 2.00 bits per heavy atom. The second-order valence-electron chi connectivity index (χ2n) is 5.12. The summed E-state index contributed by atoms with van der Waals surface area (Å²) in [7, 11) is 3.12. The van der Waals surface area contributed by atoms with E-state index in [2.05, 4.69) is 15.3 Å². The predicted molar refractivity (Wildman–Crippen MR) is 81.5 cm³/mol. The van der Waals surface area contributed by atoms with Crippen LogP contribution in [0.4, 0.5) is 5.69 Å². The van der Waals surface area contributed by atoms with Crippen LogP contribution in [0.25, 0.3) is 0 Å². The van der Waals surface area contributed by atoms with E-state index in [0.717, 1.165) is 18.5 Å². The van der Waals surface area contributed by atoms with Crippen molar-refractivity contribution in [3.05, 3.63) is 42.0 Å². The van der Waals surface area contributed by atoms with Crippen molar-refractivity contribution in [2.24, 2.45) is 0 Å². The first-order valence-electron chi connectivity index (χ1n) is 7.06. The van der Waals surface area contributed by atoms with Crippen molar-refractivity contribution in [3.8, 4) is 11.5 Å². The zero-order valence-electron chi connectivity index (χ0n) is 12.5. The topological polar surface area (TPSA) is 73.3 Å². The number of nitrogens with one attached hydrogen (secondary N) is 1. The molecule has 1 fully saturated rings. The number of methoxy groups -OCH3 is 2. The van der Waals surface area contributed by atoms with Crippen molar-refractivity contribution in [1.82, 2.24) is 9.97 Å². The van der Waals surface area contributed by atoms with Gasteiger partial charge in [0.1, 0.15) is 23.5 Å². The van der Waals surface area contributed by atoms with Crippen LogP contribution in [0.1, 0.15) is 34.9 Å². The van der Waals surface area contributed by atoms with Crippen LogP contribution >= 0.6 is 0 Å². The first-order valence-corrected chi connectivity index (χ1v) is 7.06. The molecule has 1 aromatic heterocycles. The van der Waals surface area contributed by atoms with Crippen LogP contribution in [0.3, 0.4) is 0 Å². The molecule has 114 valence electrons. The summed E-state index contributed by atoms with van der Waals surface area (Å²) in [6.45, 7) is 0. The van der Waals surface area contributed by atoms with E-state index >= 15 is 0 Å². The number of benzene rings is 1. The highest BCUT2D eigenvalue weighted by molar-refractivity contribution is 6.03. The van der Waals surface area contributed by atoms with Crippen molar-refractivity contribution in [2.45, 2.75) is 18.8 Å². The third-order valence-corrected chi connectivity index (χ3v) is 3.57. The molecule has 0 aliphatic heterocycles. The van der Waals surface area contributed by atoms with Crippen LogP contribution in [0.2, 0.25) is 0 Å². The lowest BCUT2D eigenvalue weighted by molar-refractivity contribution is 0.102. The van der Waals surface area contributed by atoms with Gasteiger partial charge in [0, 0.05) is 17.7 Å². The monoisotopic (exact) mass is 299 g/mol. The highest BCUT2D eigenvalue weighted by Crippen LogP contribution is 2.38. The van der Waals surface area contributed by atoms with Crippen molar-refractivity contribution in [3.63, 3.8) is 0 Å². The molecule has 22 heavy (non-hydrogen) atoms. The van der Waals surface area contributed by atoms with E-state index in [1.807, 2.05) is 0 Å². The minimum absolute atomic E-state index is 0.284. The summed E-state index contributed by atoms with van der Waals surface area (Å²) in [5, 5.41) is 2.81. The molecular weight excluding hydrogens is 282 g/mol. The zero-order valence-corrected chi connectivity index (χ0v) is 12.5. The molecule has 2 aromatic rings. The SMILES string of the molecule is COc1ccc(NC(=O)c2cc(C3CC3)ncn2)c(OC)c1. The van der Waals surface area contributed by atoms with Gasteiger partial charge in [-0.1, -0.05) is 0 Å². The fourth-order valence-electron chi connectivity index (χ4n) is 2.19. The minimum atomic E-state index is -0.284. The molecule has 0 radical (unpaired) electrons. The molecule has 1 aromatic carbocycles. The largest absolute Gasteiger partial charge is 0.497 e. The van der Waals surface area contributed by atoms with E-state index in [4.69, 9.17) is 9.47 Å². The Bertz CT molecular complexity index is 699. The molecule has 0 bridgehead atoms. The maximum absolute atomic E-state index is 12.3. The Hall–Kier alpha value is -2.63. The Morgan fingerprint density at radius 1 is 1.18 bits per heavy atom. The molecule has 6 nitrogen and oxygen atoms in total. The zero-order chi connectivity index (χ0) is 15.5. The minimum Gasteiger partial charge on any atom is -0.497 e. The molecular formula is C16H17N3O3. The lowest BCUT2D eigenvalue weighted by atomic mass is 10.2. The molecule has 0 unspecified atom stereocenters. The van der Waals surface area contributed by atoms with Crippen LogP contribution in [-0.4, -0.2) is 30.1 Å². The Balaban J connectivity index is 1.80. The molecule has 6 heteroatoms. The molecule has 3 rings (SSSR count). The number of amides is 1. The standard InChI is InChI=1S/C16H17N3O3/c1-21-11-5-6-12(15(7-11)22-2)19-16(20)14-8-13(10-3-4-10)17-9-18-14/h5-10H,3-4H2,1-2H3,(H,19,20). The van der Waals surface area contributed by atoms with E-state index in [-0.39, 0.29) is 5.91 Å². The summed E-state index contributed by atoms with van der Waals surface area (Å²) in [4.78, 5) is 20.6. The van der Waals surface area contributed by atoms with Gasteiger partial charge < -0.3 is 14.8 Å². The number of rotatable bonds is 5. The van der Waals surface area contributed by atoms with Gasteiger partial charge >= 0.3 is 0 Å². The molecule has 1 N–H and O–H groups in total. The average Bonchev–Trinajstić information content (AvgIpc) is 3.40. The van der Waals surface area contributed by atoms with E-state index < -0.39 is 0 Å². The number of hydrogen-bond donors (Lipinski definition) is 1. The lowest BCUT2D eigenvalue weighted by Crippen LogP contribution is -2.15. The number of ether oxygens (including phenoxy) is 2. The van der Waals surface area contributed by atoms with Gasteiger partial charge in [-0.15, -0.1) is 0 Å². The lowest BCUT2D eigenvalue weighted by Gasteiger charge is -2.11. The number of hydrogen-bond acceptors (Lipinski definition) is 5. The number of carbonyl (C=O) groups excluding carboxylic acids is 1. The van der Waals surface area contributed by atoms with Crippen molar-refractivity contribution >= 4 is 11.6 Å². The van der Waals surface area contributed by atoms with Crippen molar-refractivity contribution < 1.29 is 14.3 Å². The van der Waals surface area contributed by atoms with E-state index in [1.54, 1.807) is 38.5 Å². The average molecular weight is 299 g/mol. The molecule has 1 aliphatic carbocycles. The molecule has 1 amide bonds. The number of aromatic nitrogens is 2. The number of anilines is 1. The third-order valence-electron chi connectivity index (χ3n) is 3.57. The van der Waals surface area contributed by atoms with Gasteiger partial charge in [0.15, 0.2) is 0 Å². The fraction of sp³-hybridized carbons (Fsp3) is 0.312. The van der Waals surface area contributed by atoms with Crippen LogP contribution in [-0.2, 0) is 0 Å². The van der Waals surface area contributed by atoms with E-state index in [1.165, 1.54) is 6.33 Å². The summed E-state index contributed by atoms with van der Waals surface area (Å²) in [5.41, 5.74) is 1.86. The van der Waals surface area contributed by atoms with Crippen LogP contribution in [0, 0.1) is 0 Å². The number of carbonyl (C=O) groups is 1. The maximum Gasteiger partial charge on any atom is 0.274 e. The first kappa shape index (κ1) is 14.3. The Morgan fingerprint density at radius 3 is 2.68 bits per heavy atom. The van der Waals surface area contributed by atoms with Gasteiger partial charge in [-0.05, 0) is 31.0 Å². The summed E-state index contributed by atoms with van der Waals surface area (Å²) >= 11 is 0. The normalized spacial score (nSPS) is 13.5. The van der Waals surface area contributed by atoms with Gasteiger partial charge in [-0.2, -0.15) is 0 Å². The summed E-state index contributed by atoms with van der Waals surface area (Å²) < 4.78 is 10.4. The smallest absolute Gasteiger partial charge is 0.274 e. The van der Waals surface area contributed by atoms with Crippen molar-refractivity contribution in [2.75, 3.05) is 19.5 Å². The molecule has 0 saturated heterocycles. The van der Waals surface area contributed by atoms with Gasteiger partial charge in [0.25, 0.3) is 5.91 Å². The van der Waals surface area contributed by atoms with Gasteiger partial charge in [0.05, 0.1) is 19.9 Å². The maximum atomic E-state index is 12.3. The Kier molecular flexibility index (Phi) is 3.91.